The van der Waals surface area contributed by atoms with Gasteiger partial charge in [-0.1, -0.05) is 0 Å². The number of benzene rings is 2. The fourth-order valence-corrected chi connectivity index (χ4v) is 7.23. The Labute approximate surface area is 199 Å². The molecule has 1 N–H and O–H groups in total. The van der Waals surface area contributed by atoms with Crippen LogP contribution in [-0.4, -0.2) is 61.5 Å². The number of nitrogens with zero attached hydrogens (tertiary/aromatic N) is 3. The number of rotatable bonds is 1. The molecule has 0 bridgehead atoms. The van der Waals surface area contributed by atoms with Gasteiger partial charge in [0.1, 0.15) is 0 Å². The molecular weight excluding hydrogens is 511 g/mol. The number of amides is 1. The van der Waals surface area contributed by atoms with Gasteiger partial charge in [-0.2, -0.15) is 0 Å². The third-order valence-electron chi connectivity index (χ3n) is 6.51. The molecule has 7 nitrogen and oxygen atoms in total. The van der Waals surface area contributed by atoms with E-state index in [9.17, 15) is 23.5 Å². The molecule has 3 aliphatic heterocycles. The third-order valence-corrected chi connectivity index (χ3v) is 8.90. The number of aromatic hydroxyl groups is 1. The van der Waals surface area contributed by atoms with Crippen LogP contribution in [0.3, 0.4) is 0 Å². The monoisotopic (exact) mass is 531 g/mol. The Balaban J connectivity index is 1.67. The summed E-state index contributed by atoms with van der Waals surface area (Å²) in [6.07, 6.45) is 0.861. The number of carbonyl (C=O) groups is 1. The SMILES string of the molecule is O=C1c2c(O)c(=O)ccn2N(C2c3cc(F)c(F)cc3C[Se]c3ccccc32)C2COCCN12. The van der Waals surface area contributed by atoms with E-state index in [-0.39, 0.29) is 33.8 Å². The van der Waals surface area contributed by atoms with Gasteiger partial charge in [0.2, 0.25) is 0 Å². The summed E-state index contributed by atoms with van der Waals surface area (Å²) < 4.78 is 37.1. The van der Waals surface area contributed by atoms with Gasteiger partial charge in [-0.05, 0) is 0 Å². The van der Waals surface area contributed by atoms with Crippen LogP contribution in [-0.2, 0) is 10.1 Å². The first kappa shape index (κ1) is 21.3. The van der Waals surface area contributed by atoms with Gasteiger partial charge in [0, 0.05) is 0 Å². The number of fused-ring (bicyclic) bond motifs is 4. The Kier molecular flexibility index (Phi) is 4.98. The van der Waals surface area contributed by atoms with E-state index in [0.29, 0.717) is 23.1 Å². The molecule has 1 fully saturated rings. The maximum atomic E-state index is 14.6. The van der Waals surface area contributed by atoms with E-state index in [4.69, 9.17) is 4.74 Å². The van der Waals surface area contributed by atoms with E-state index in [1.165, 1.54) is 29.1 Å². The third kappa shape index (κ3) is 3.10. The van der Waals surface area contributed by atoms with Crippen LogP contribution in [0.2, 0.25) is 0 Å². The predicted molar refractivity (Wildman–Crippen MR) is 120 cm³/mol. The van der Waals surface area contributed by atoms with Crippen LogP contribution in [0.25, 0.3) is 0 Å². The van der Waals surface area contributed by atoms with Crippen LogP contribution >= 0.6 is 0 Å². The molecular formula is C24H19F2N3O4Se. The molecule has 0 spiro atoms. The average molecular weight is 530 g/mol. The molecule has 2 atom stereocenters. The number of pyridine rings is 1. The van der Waals surface area contributed by atoms with E-state index in [1.807, 2.05) is 29.3 Å². The van der Waals surface area contributed by atoms with Crippen molar-refractivity contribution in [3.05, 3.63) is 92.9 Å². The molecule has 34 heavy (non-hydrogen) atoms. The van der Waals surface area contributed by atoms with Crippen molar-refractivity contribution < 1.29 is 23.4 Å². The fraction of sp³-hybridized carbons (Fsp3) is 0.250. The molecule has 0 saturated carbocycles. The van der Waals surface area contributed by atoms with Crippen LogP contribution in [0.1, 0.15) is 33.2 Å². The second-order valence-corrected chi connectivity index (χ2v) is 10.5. The quantitative estimate of drug-likeness (QED) is 0.479. The van der Waals surface area contributed by atoms with Gasteiger partial charge in [-0.15, -0.1) is 0 Å². The van der Waals surface area contributed by atoms with Crippen molar-refractivity contribution in [1.82, 2.24) is 9.58 Å². The van der Waals surface area contributed by atoms with E-state index in [2.05, 4.69) is 0 Å². The average Bonchev–Trinajstić information content (AvgIpc) is 2.99. The topological polar surface area (TPSA) is 75.0 Å². The van der Waals surface area contributed by atoms with Crippen molar-refractivity contribution in [2.24, 2.45) is 0 Å². The van der Waals surface area contributed by atoms with Crippen molar-refractivity contribution in [3.8, 4) is 5.75 Å². The molecule has 174 valence electrons. The number of hydrogen-bond acceptors (Lipinski definition) is 5. The van der Waals surface area contributed by atoms with Crippen LogP contribution < -0.4 is 14.9 Å². The molecule has 3 aromatic rings. The maximum absolute atomic E-state index is 14.6. The van der Waals surface area contributed by atoms with Crippen LogP contribution in [0.4, 0.5) is 8.78 Å². The molecule has 1 aromatic heterocycles. The van der Waals surface area contributed by atoms with Crippen molar-refractivity contribution in [3.63, 3.8) is 0 Å². The fourth-order valence-electron chi connectivity index (χ4n) is 4.96. The van der Waals surface area contributed by atoms with E-state index in [1.54, 1.807) is 4.90 Å². The number of aromatic nitrogens is 1. The predicted octanol–water partition coefficient (Wildman–Crippen LogP) is 1.21. The second kappa shape index (κ2) is 7.94. The molecule has 2 aromatic carbocycles. The zero-order valence-electron chi connectivity index (χ0n) is 17.8. The van der Waals surface area contributed by atoms with Gasteiger partial charge in [0.15, 0.2) is 0 Å². The zero-order chi connectivity index (χ0) is 23.6. The second-order valence-electron chi connectivity index (χ2n) is 8.35. The molecule has 0 aliphatic carbocycles. The molecule has 0 radical (unpaired) electrons. The van der Waals surface area contributed by atoms with Crippen LogP contribution in [0.15, 0.2) is 53.5 Å². The Morgan fingerprint density at radius 2 is 1.85 bits per heavy atom. The van der Waals surface area contributed by atoms with Gasteiger partial charge in [0.05, 0.1) is 0 Å². The standard InChI is InChI=1S/C24H19F2N3O4Se/c25-16-9-13-12-34-19-4-2-1-3-14(19)21(15(13)10-17(16)26)29-20-11-33-8-7-27(20)24(32)22-23(31)18(30)5-6-28(22)29/h1-6,9-10,20-21,31H,7-8,11-12H2. The van der Waals surface area contributed by atoms with Gasteiger partial charge >= 0.3 is 199 Å². The van der Waals surface area contributed by atoms with Gasteiger partial charge in [-0.3, -0.25) is 0 Å². The number of halogens is 2. The summed E-state index contributed by atoms with van der Waals surface area (Å²) in [6, 6.07) is 10.8. The van der Waals surface area contributed by atoms with Crippen molar-refractivity contribution in [2.45, 2.75) is 17.5 Å². The van der Waals surface area contributed by atoms with Crippen molar-refractivity contribution in [1.29, 1.82) is 0 Å². The molecule has 1 saturated heterocycles. The summed E-state index contributed by atoms with van der Waals surface area (Å²) in [5, 5.41) is 13.0. The van der Waals surface area contributed by atoms with Crippen LogP contribution in [0, 0.1) is 11.6 Å². The van der Waals surface area contributed by atoms with Crippen molar-refractivity contribution in [2.75, 3.05) is 24.8 Å². The molecule has 6 rings (SSSR count). The number of carbonyl (C=O) groups excluding carboxylic acids is 1. The Morgan fingerprint density at radius 1 is 1.06 bits per heavy atom. The molecule has 3 aliphatic rings. The first-order chi connectivity index (χ1) is 16.5. The summed E-state index contributed by atoms with van der Waals surface area (Å²) in [6.45, 7) is 0.765. The molecule has 4 heterocycles. The van der Waals surface area contributed by atoms with Crippen molar-refractivity contribution >= 4 is 25.3 Å². The first-order valence-electron chi connectivity index (χ1n) is 10.8. The van der Waals surface area contributed by atoms with Gasteiger partial charge in [-0.25, -0.2) is 0 Å². The van der Waals surface area contributed by atoms with E-state index < -0.39 is 40.9 Å². The minimum absolute atomic E-state index is 0.0345. The molecule has 10 heteroatoms. The first-order valence-corrected chi connectivity index (χ1v) is 12.8. The minimum atomic E-state index is -0.955. The van der Waals surface area contributed by atoms with Gasteiger partial charge in [0.25, 0.3) is 0 Å². The Morgan fingerprint density at radius 3 is 2.71 bits per heavy atom. The Bertz CT molecular complexity index is 1400. The summed E-state index contributed by atoms with van der Waals surface area (Å²) in [5.41, 5.74) is 1.35. The summed E-state index contributed by atoms with van der Waals surface area (Å²) >= 11 is -0.0345. The normalized spacial score (nSPS) is 21.3. The number of hydrogen-bond donors (Lipinski definition) is 1. The summed E-state index contributed by atoms with van der Waals surface area (Å²) in [5.74, 6) is -2.98. The zero-order valence-corrected chi connectivity index (χ0v) is 19.5. The summed E-state index contributed by atoms with van der Waals surface area (Å²) in [7, 11) is 0. The number of morpholine rings is 1. The molecule has 1 amide bonds. The van der Waals surface area contributed by atoms with E-state index in [0.717, 1.165) is 10.0 Å². The van der Waals surface area contributed by atoms with Crippen LogP contribution in [0.5, 0.6) is 5.75 Å². The Hall–Kier alpha value is -3.20. The van der Waals surface area contributed by atoms with E-state index >= 15 is 0 Å². The number of ether oxygens (including phenoxy) is 1. The molecule has 2 unspecified atom stereocenters. The van der Waals surface area contributed by atoms with Gasteiger partial charge < -0.3 is 0 Å². The summed E-state index contributed by atoms with van der Waals surface area (Å²) in [4.78, 5) is 27.1.